The normalized spacial score (nSPS) is 18.4. The van der Waals surface area contributed by atoms with Gasteiger partial charge in [-0.05, 0) is 50.7 Å². The van der Waals surface area contributed by atoms with E-state index in [9.17, 15) is 4.79 Å². The molecule has 0 unspecified atom stereocenters. The quantitative estimate of drug-likeness (QED) is 0.774. The van der Waals surface area contributed by atoms with Crippen LogP contribution in [-0.4, -0.2) is 35.6 Å². The molecule has 136 valence electrons. The van der Waals surface area contributed by atoms with Gasteiger partial charge in [0.15, 0.2) is 0 Å². The molecule has 26 heavy (non-hydrogen) atoms. The summed E-state index contributed by atoms with van der Waals surface area (Å²) in [5, 5.41) is 0. The lowest BCUT2D eigenvalue weighted by molar-refractivity contribution is -0.140. The van der Waals surface area contributed by atoms with Gasteiger partial charge in [-0.15, -0.1) is 0 Å². The SMILES string of the molecule is COC(=O)CCc1cccc(-c2nc(N3CC[C@@H]3C)nc3c2CCC3)c1. The van der Waals surface area contributed by atoms with Crippen LogP contribution in [0.2, 0.25) is 0 Å². The smallest absolute Gasteiger partial charge is 0.305 e. The fourth-order valence-corrected chi connectivity index (χ4v) is 3.82. The molecule has 4 rings (SSSR count). The van der Waals surface area contributed by atoms with Crippen LogP contribution in [0, 0.1) is 0 Å². The van der Waals surface area contributed by atoms with Gasteiger partial charge in [0.1, 0.15) is 0 Å². The van der Waals surface area contributed by atoms with Crippen LogP contribution in [-0.2, 0) is 28.8 Å². The summed E-state index contributed by atoms with van der Waals surface area (Å²) in [6, 6.07) is 8.91. The second-order valence-corrected chi connectivity index (χ2v) is 7.26. The summed E-state index contributed by atoms with van der Waals surface area (Å²) >= 11 is 0. The molecule has 0 radical (unpaired) electrons. The Morgan fingerprint density at radius 3 is 2.92 bits per heavy atom. The molecule has 1 aromatic heterocycles. The molecule has 1 aliphatic carbocycles. The fourth-order valence-electron chi connectivity index (χ4n) is 3.82. The molecule has 5 nitrogen and oxygen atoms in total. The third-order valence-corrected chi connectivity index (χ3v) is 5.54. The van der Waals surface area contributed by atoms with Gasteiger partial charge in [0.05, 0.1) is 12.8 Å². The summed E-state index contributed by atoms with van der Waals surface area (Å²) in [5.74, 6) is 0.701. The summed E-state index contributed by atoms with van der Waals surface area (Å²) < 4.78 is 4.75. The van der Waals surface area contributed by atoms with Gasteiger partial charge >= 0.3 is 5.97 Å². The van der Waals surface area contributed by atoms with E-state index in [2.05, 4.69) is 36.1 Å². The standard InChI is InChI=1S/C21H25N3O2/c1-14-11-12-24(14)21-22-18-8-4-7-17(18)20(23-21)16-6-3-5-15(13-16)9-10-19(25)26-2/h3,5-6,13-14H,4,7-12H2,1-2H3/t14-/m0/s1. The number of carbonyl (C=O) groups is 1. The van der Waals surface area contributed by atoms with E-state index in [-0.39, 0.29) is 5.97 Å². The molecule has 5 heteroatoms. The highest BCUT2D eigenvalue weighted by atomic mass is 16.5. The molecular formula is C21H25N3O2. The lowest BCUT2D eigenvalue weighted by Gasteiger charge is -2.39. The van der Waals surface area contributed by atoms with E-state index in [0.717, 1.165) is 48.6 Å². The van der Waals surface area contributed by atoms with Gasteiger partial charge in [-0.3, -0.25) is 4.79 Å². The van der Waals surface area contributed by atoms with Crippen molar-refractivity contribution in [1.82, 2.24) is 9.97 Å². The Labute approximate surface area is 154 Å². The summed E-state index contributed by atoms with van der Waals surface area (Å²) in [6.07, 6.45) is 5.54. The van der Waals surface area contributed by atoms with E-state index in [1.54, 1.807) is 0 Å². The number of aromatic nitrogens is 2. The first kappa shape index (κ1) is 17.0. The number of anilines is 1. The van der Waals surface area contributed by atoms with Crippen molar-refractivity contribution in [1.29, 1.82) is 0 Å². The van der Waals surface area contributed by atoms with E-state index in [1.165, 1.54) is 24.8 Å². The highest BCUT2D eigenvalue weighted by Crippen LogP contribution is 2.34. The third kappa shape index (κ3) is 3.18. The second-order valence-electron chi connectivity index (χ2n) is 7.26. The number of nitrogens with zero attached hydrogens (tertiary/aromatic N) is 3. The van der Waals surface area contributed by atoms with Gasteiger partial charge in [0.25, 0.3) is 0 Å². The Bertz CT molecular complexity index is 834. The summed E-state index contributed by atoms with van der Waals surface area (Å²) in [7, 11) is 1.43. The summed E-state index contributed by atoms with van der Waals surface area (Å²) in [4.78, 5) is 23.6. The van der Waals surface area contributed by atoms with Crippen LogP contribution in [0.5, 0.6) is 0 Å². The lowest BCUT2D eigenvalue weighted by Crippen LogP contribution is -2.46. The molecule has 1 aromatic carbocycles. The molecular weight excluding hydrogens is 326 g/mol. The van der Waals surface area contributed by atoms with Gasteiger partial charge < -0.3 is 9.64 Å². The van der Waals surface area contributed by atoms with Crippen molar-refractivity contribution in [2.75, 3.05) is 18.6 Å². The predicted octanol–water partition coefficient (Wildman–Crippen LogP) is 3.34. The van der Waals surface area contributed by atoms with E-state index >= 15 is 0 Å². The van der Waals surface area contributed by atoms with Gasteiger partial charge in [-0.2, -0.15) is 0 Å². The molecule has 1 fully saturated rings. The topological polar surface area (TPSA) is 55.3 Å². The Kier molecular flexibility index (Phi) is 4.62. The van der Waals surface area contributed by atoms with E-state index < -0.39 is 0 Å². The van der Waals surface area contributed by atoms with E-state index in [0.29, 0.717) is 18.9 Å². The molecule has 0 saturated carbocycles. The number of fused-ring (bicyclic) bond motifs is 1. The van der Waals surface area contributed by atoms with E-state index in [1.807, 2.05) is 0 Å². The number of esters is 1. The minimum atomic E-state index is -0.174. The minimum Gasteiger partial charge on any atom is -0.469 e. The number of benzene rings is 1. The number of methoxy groups -OCH3 is 1. The Morgan fingerprint density at radius 1 is 1.31 bits per heavy atom. The van der Waals surface area contributed by atoms with Crippen molar-refractivity contribution in [3.05, 3.63) is 41.1 Å². The number of carbonyl (C=O) groups excluding carboxylic acids is 1. The molecule has 0 spiro atoms. The Morgan fingerprint density at radius 2 is 2.19 bits per heavy atom. The van der Waals surface area contributed by atoms with Crippen molar-refractivity contribution in [2.45, 2.75) is 51.5 Å². The van der Waals surface area contributed by atoms with Crippen molar-refractivity contribution in [3.8, 4) is 11.3 Å². The number of hydrogen-bond donors (Lipinski definition) is 0. The largest absolute Gasteiger partial charge is 0.469 e. The summed E-state index contributed by atoms with van der Waals surface area (Å²) in [6.45, 7) is 3.27. The molecule has 1 aliphatic heterocycles. The van der Waals surface area contributed by atoms with Crippen molar-refractivity contribution in [3.63, 3.8) is 0 Å². The minimum absolute atomic E-state index is 0.174. The maximum absolute atomic E-state index is 11.4. The highest BCUT2D eigenvalue weighted by molar-refractivity contribution is 5.70. The summed E-state index contributed by atoms with van der Waals surface area (Å²) in [5.41, 5.74) is 5.84. The number of hydrogen-bond acceptors (Lipinski definition) is 5. The van der Waals surface area contributed by atoms with Gasteiger partial charge in [-0.25, -0.2) is 9.97 Å². The first-order chi connectivity index (χ1) is 12.7. The molecule has 2 aliphatic rings. The fraction of sp³-hybridized carbons (Fsp3) is 0.476. The highest BCUT2D eigenvalue weighted by Gasteiger charge is 2.29. The maximum atomic E-state index is 11.4. The first-order valence-corrected chi connectivity index (χ1v) is 9.48. The Balaban J connectivity index is 1.67. The van der Waals surface area contributed by atoms with Crippen LogP contribution in [0.4, 0.5) is 5.95 Å². The van der Waals surface area contributed by atoms with Crippen molar-refractivity contribution >= 4 is 11.9 Å². The van der Waals surface area contributed by atoms with Gasteiger partial charge in [-0.1, -0.05) is 18.2 Å². The molecule has 1 saturated heterocycles. The van der Waals surface area contributed by atoms with Crippen LogP contribution < -0.4 is 4.90 Å². The first-order valence-electron chi connectivity index (χ1n) is 9.48. The molecule has 0 N–H and O–H groups in total. The van der Waals surface area contributed by atoms with Gasteiger partial charge in [0, 0.05) is 35.8 Å². The third-order valence-electron chi connectivity index (χ3n) is 5.54. The second kappa shape index (κ2) is 7.06. The van der Waals surface area contributed by atoms with Crippen LogP contribution >= 0.6 is 0 Å². The zero-order valence-corrected chi connectivity index (χ0v) is 15.5. The van der Waals surface area contributed by atoms with E-state index in [4.69, 9.17) is 14.7 Å². The molecule has 1 atom stereocenters. The van der Waals surface area contributed by atoms with Crippen molar-refractivity contribution < 1.29 is 9.53 Å². The van der Waals surface area contributed by atoms with Crippen molar-refractivity contribution in [2.24, 2.45) is 0 Å². The van der Waals surface area contributed by atoms with Gasteiger partial charge in [0.2, 0.25) is 5.95 Å². The number of rotatable bonds is 5. The molecule has 0 bridgehead atoms. The van der Waals surface area contributed by atoms with Crippen LogP contribution in [0.1, 0.15) is 43.0 Å². The Hall–Kier alpha value is -2.43. The maximum Gasteiger partial charge on any atom is 0.305 e. The predicted molar refractivity (Wildman–Crippen MR) is 101 cm³/mol. The van der Waals surface area contributed by atoms with Crippen LogP contribution in [0.15, 0.2) is 24.3 Å². The number of aryl methyl sites for hydroxylation is 2. The number of ether oxygens (including phenoxy) is 1. The van der Waals surface area contributed by atoms with Crippen LogP contribution in [0.25, 0.3) is 11.3 Å². The molecule has 0 amide bonds. The lowest BCUT2D eigenvalue weighted by atomic mass is 10.0. The molecule has 2 heterocycles. The average Bonchev–Trinajstić information content (AvgIpc) is 3.13. The average molecular weight is 351 g/mol. The zero-order valence-electron chi connectivity index (χ0n) is 15.5. The molecule has 2 aromatic rings. The zero-order chi connectivity index (χ0) is 18.1. The monoisotopic (exact) mass is 351 g/mol. The van der Waals surface area contributed by atoms with Crippen LogP contribution in [0.3, 0.4) is 0 Å².